The molecule has 2 aromatic heterocycles. The zero-order chi connectivity index (χ0) is 20.9. The second-order valence-corrected chi connectivity index (χ2v) is 8.09. The van der Waals surface area contributed by atoms with Gasteiger partial charge in [0.15, 0.2) is 0 Å². The van der Waals surface area contributed by atoms with Crippen molar-refractivity contribution in [3.05, 3.63) is 96.7 Å². The number of halogens is 1. The summed E-state index contributed by atoms with van der Waals surface area (Å²) >= 11 is 0. The quantitative estimate of drug-likeness (QED) is 0.222. The van der Waals surface area contributed by atoms with Crippen molar-refractivity contribution >= 4 is 11.4 Å². The van der Waals surface area contributed by atoms with Crippen molar-refractivity contribution in [3.63, 3.8) is 0 Å². The van der Waals surface area contributed by atoms with Crippen LogP contribution >= 0.6 is 0 Å². The van der Waals surface area contributed by atoms with Gasteiger partial charge in [0.25, 0.3) is 0 Å². The Balaban J connectivity index is 0.000000229. The first-order valence-electron chi connectivity index (χ1n) is 10.6. The first-order chi connectivity index (χ1) is 14.6. The molecule has 1 fully saturated rings. The number of aliphatic imine (C=N–C) groups is 1. The van der Waals surface area contributed by atoms with E-state index in [1.165, 1.54) is 23.3 Å². The van der Waals surface area contributed by atoms with Gasteiger partial charge in [0, 0.05) is 12.4 Å². The molecule has 2 heterocycles. The van der Waals surface area contributed by atoms with Crippen molar-refractivity contribution in [1.82, 2.24) is 9.97 Å². The van der Waals surface area contributed by atoms with E-state index in [1.54, 1.807) is 12.4 Å². The summed E-state index contributed by atoms with van der Waals surface area (Å²) in [5.41, 5.74) is 6.80. The van der Waals surface area contributed by atoms with Gasteiger partial charge in [-0.05, 0) is 67.8 Å². The molecule has 0 saturated heterocycles. The van der Waals surface area contributed by atoms with Crippen LogP contribution in [-0.2, 0) is 20.4 Å². The van der Waals surface area contributed by atoms with Crippen LogP contribution in [0.1, 0.15) is 24.5 Å². The third-order valence-corrected chi connectivity index (χ3v) is 5.87. The number of pyridine rings is 2. The molecular formula is C27H28ClN3Pd. The van der Waals surface area contributed by atoms with Crippen molar-refractivity contribution in [1.29, 1.82) is 0 Å². The van der Waals surface area contributed by atoms with Crippen molar-refractivity contribution < 1.29 is 32.8 Å². The molecule has 5 heteroatoms. The third kappa shape index (κ3) is 6.23. The van der Waals surface area contributed by atoms with Gasteiger partial charge < -0.3 is 18.8 Å². The van der Waals surface area contributed by atoms with Gasteiger partial charge in [-0.15, -0.1) is 17.9 Å². The molecule has 32 heavy (non-hydrogen) atoms. The van der Waals surface area contributed by atoms with E-state index >= 15 is 0 Å². The molecule has 2 aliphatic carbocycles. The predicted molar refractivity (Wildman–Crippen MR) is 125 cm³/mol. The molecule has 3 aromatic rings. The number of fused-ring (bicyclic) bond motifs is 2. The maximum Gasteiger partial charge on any atom is 2.00 e. The number of nitrogens with zero attached hydrogens (tertiary/aromatic N) is 3. The Hall–Kier alpha value is -2.12. The fourth-order valence-electron chi connectivity index (χ4n) is 4.29. The monoisotopic (exact) mass is 535 g/mol. The summed E-state index contributed by atoms with van der Waals surface area (Å²) in [5, 5.41) is 0. The minimum Gasteiger partial charge on any atom is -1.00 e. The van der Waals surface area contributed by atoms with E-state index in [-0.39, 0.29) is 32.8 Å². The normalized spacial score (nSPS) is 20.6. The molecule has 1 saturated carbocycles. The van der Waals surface area contributed by atoms with Gasteiger partial charge >= 0.3 is 20.4 Å². The van der Waals surface area contributed by atoms with E-state index in [0.29, 0.717) is 17.8 Å². The number of aryl methyl sites for hydroxylation is 2. The molecule has 0 aliphatic heterocycles. The molecule has 3 nitrogen and oxygen atoms in total. The molecule has 168 valence electrons. The Kier molecular flexibility index (Phi) is 9.97. The Bertz CT molecular complexity index is 993. The summed E-state index contributed by atoms with van der Waals surface area (Å²) in [6.45, 7) is 6.47. The summed E-state index contributed by atoms with van der Waals surface area (Å²) in [6.07, 6.45) is 12.0. The van der Waals surface area contributed by atoms with E-state index in [0.717, 1.165) is 17.1 Å². The average Bonchev–Trinajstić information content (AvgIpc) is 3.42. The van der Waals surface area contributed by atoms with E-state index < -0.39 is 0 Å². The number of allylic oxidation sites excluding steroid dienone is 2. The predicted octanol–water partition coefficient (Wildman–Crippen LogP) is 3.57. The molecule has 0 radical (unpaired) electrons. The molecule has 1 aromatic carbocycles. The molecule has 1 unspecified atom stereocenters. The fraction of sp³-hybridized carbons (Fsp3) is 0.259. The van der Waals surface area contributed by atoms with Gasteiger partial charge in [0.1, 0.15) is 0 Å². The van der Waals surface area contributed by atoms with E-state index in [4.69, 9.17) is 4.99 Å². The molecule has 0 N–H and O–H groups in total. The topological polar surface area (TPSA) is 38.1 Å². The summed E-state index contributed by atoms with van der Waals surface area (Å²) < 4.78 is 0. The van der Waals surface area contributed by atoms with Gasteiger partial charge in [-0.2, -0.15) is 0 Å². The third-order valence-electron chi connectivity index (χ3n) is 5.87. The van der Waals surface area contributed by atoms with Crippen molar-refractivity contribution in [2.24, 2.45) is 22.7 Å². The Morgan fingerprint density at radius 3 is 1.91 bits per heavy atom. The number of hydrogen-bond donors (Lipinski definition) is 0. The van der Waals surface area contributed by atoms with Crippen LogP contribution < -0.4 is 12.4 Å². The van der Waals surface area contributed by atoms with Crippen molar-refractivity contribution in [2.45, 2.75) is 27.2 Å². The second kappa shape index (κ2) is 12.2. The second-order valence-electron chi connectivity index (χ2n) is 8.09. The minimum atomic E-state index is 0. The van der Waals surface area contributed by atoms with Gasteiger partial charge in [-0.25, -0.2) is 0 Å². The van der Waals surface area contributed by atoms with Gasteiger partial charge in [-0.3, -0.25) is 15.0 Å². The summed E-state index contributed by atoms with van der Waals surface area (Å²) in [7, 11) is 0. The molecular weight excluding hydrogens is 508 g/mol. The SMILES string of the molecule is CC(=Nc1c(C)cccc1C)C1[CH-][C@H]2C=C[C@@H]1C2.[Cl-].[Pd+2].c1ccc(-c2ccccn2)nc1. The van der Waals surface area contributed by atoms with Crippen LogP contribution in [0.4, 0.5) is 5.69 Å². The first kappa shape index (κ1) is 26.1. The molecule has 5 rings (SSSR count). The zero-order valence-corrected chi connectivity index (χ0v) is 20.9. The van der Waals surface area contributed by atoms with Crippen LogP contribution in [0.3, 0.4) is 0 Å². The first-order valence-corrected chi connectivity index (χ1v) is 10.6. The van der Waals surface area contributed by atoms with Crippen LogP contribution in [0.2, 0.25) is 0 Å². The molecule has 3 atom stereocenters. The summed E-state index contributed by atoms with van der Waals surface area (Å²) in [4.78, 5) is 13.3. The molecule has 0 spiro atoms. The maximum absolute atomic E-state index is 4.91. The Morgan fingerprint density at radius 1 is 0.875 bits per heavy atom. The number of hydrogen-bond acceptors (Lipinski definition) is 3. The smallest absolute Gasteiger partial charge is 1.00 e. The number of benzene rings is 1. The standard InChI is InChI=1S/C17H20N.C10H8N2.ClH.Pd/c1-11-5-4-6-12(2)17(11)18-13(3)16-10-14-7-8-15(16)9-14;1-3-7-11-9(5-1)10-6-2-4-8-12-10;;/h4-8,10,14-16H,9H2,1-3H3;1-8H;1H;/q-1;;;+2/p-1/t14-,15+,16?;;;/m0.../s1. The zero-order valence-electron chi connectivity index (χ0n) is 18.6. The number of rotatable bonds is 3. The van der Waals surface area contributed by atoms with Crippen LogP contribution in [0.5, 0.6) is 0 Å². The van der Waals surface area contributed by atoms with E-state index in [9.17, 15) is 0 Å². The molecule has 2 bridgehead atoms. The van der Waals surface area contributed by atoms with Crippen LogP contribution in [0.15, 0.2) is 84.1 Å². The van der Waals surface area contributed by atoms with Crippen LogP contribution in [-0.4, -0.2) is 15.7 Å². The molecule has 2 aliphatic rings. The number of aromatic nitrogens is 2. The maximum atomic E-state index is 4.91. The largest absolute Gasteiger partial charge is 2.00 e. The van der Waals surface area contributed by atoms with Crippen LogP contribution in [0, 0.1) is 38.0 Å². The van der Waals surface area contributed by atoms with Crippen molar-refractivity contribution in [3.8, 4) is 11.4 Å². The number of para-hydroxylation sites is 1. The molecule has 0 amide bonds. The Labute approximate surface area is 211 Å². The average molecular weight is 536 g/mol. The van der Waals surface area contributed by atoms with Gasteiger partial charge in [0.2, 0.25) is 0 Å². The summed E-state index contributed by atoms with van der Waals surface area (Å²) in [6, 6.07) is 18.0. The van der Waals surface area contributed by atoms with Crippen LogP contribution in [0.25, 0.3) is 11.4 Å². The van der Waals surface area contributed by atoms with Crippen molar-refractivity contribution in [2.75, 3.05) is 0 Å². The Morgan fingerprint density at radius 2 is 1.47 bits per heavy atom. The van der Waals surface area contributed by atoms with E-state index in [2.05, 4.69) is 67.5 Å². The van der Waals surface area contributed by atoms with E-state index in [1.807, 2.05) is 36.4 Å². The van der Waals surface area contributed by atoms with Gasteiger partial charge in [-0.1, -0.05) is 42.8 Å². The minimum absolute atomic E-state index is 0. The summed E-state index contributed by atoms with van der Waals surface area (Å²) in [5.74, 6) is 1.95. The van der Waals surface area contributed by atoms with Gasteiger partial charge in [0.05, 0.1) is 17.1 Å². The fourth-order valence-corrected chi connectivity index (χ4v) is 4.29.